The van der Waals surface area contributed by atoms with Gasteiger partial charge in [-0.25, -0.2) is 0 Å². The monoisotopic (exact) mass is 327 g/mol. The molecule has 1 fully saturated rings. The molecule has 1 aromatic carbocycles. The highest BCUT2D eigenvalue weighted by atomic mass is 16.6. The first kappa shape index (κ1) is 15.9. The van der Waals surface area contributed by atoms with Crippen LogP contribution in [0.1, 0.15) is 23.2 Å². The van der Waals surface area contributed by atoms with Crippen molar-refractivity contribution in [2.45, 2.75) is 18.9 Å². The average molecular weight is 327 g/mol. The van der Waals surface area contributed by atoms with Crippen molar-refractivity contribution >= 4 is 11.6 Å². The van der Waals surface area contributed by atoms with E-state index in [1.807, 2.05) is 0 Å². The second kappa shape index (κ2) is 7.08. The van der Waals surface area contributed by atoms with Gasteiger partial charge in [-0.05, 0) is 37.1 Å². The van der Waals surface area contributed by atoms with E-state index < -0.39 is 4.92 Å². The Hall–Kier alpha value is -2.96. The van der Waals surface area contributed by atoms with Gasteiger partial charge in [-0.3, -0.25) is 19.9 Å². The van der Waals surface area contributed by atoms with Crippen LogP contribution in [0.25, 0.3) is 0 Å². The van der Waals surface area contributed by atoms with Crippen LogP contribution < -0.4 is 4.74 Å². The summed E-state index contributed by atoms with van der Waals surface area (Å²) in [7, 11) is 0. The van der Waals surface area contributed by atoms with E-state index in [0.717, 1.165) is 18.6 Å². The minimum Gasteiger partial charge on any atom is -0.488 e. The summed E-state index contributed by atoms with van der Waals surface area (Å²) in [6.07, 6.45) is 5.00. The summed E-state index contributed by atoms with van der Waals surface area (Å²) >= 11 is 0. The molecule has 0 bridgehead atoms. The van der Waals surface area contributed by atoms with Gasteiger partial charge in [0.15, 0.2) is 0 Å². The summed E-state index contributed by atoms with van der Waals surface area (Å²) in [4.78, 5) is 28.5. The molecule has 7 heteroatoms. The van der Waals surface area contributed by atoms with Gasteiger partial charge in [0.2, 0.25) is 0 Å². The number of carbonyl (C=O) groups excluding carboxylic acids is 1. The van der Waals surface area contributed by atoms with Gasteiger partial charge in [-0.15, -0.1) is 0 Å². The predicted molar refractivity (Wildman–Crippen MR) is 86.9 cm³/mol. The van der Waals surface area contributed by atoms with Crippen LogP contribution in [0.4, 0.5) is 5.69 Å². The number of ether oxygens (including phenoxy) is 1. The molecule has 1 amide bonds. The molecule has 24 heavy (non-hydrogen) atoms. The van der Waals surface area contributed by atoms with E-state index in [-0.39, 0.29) is 17.7 Å². The molecular weight excluding hydrogens is 310 g/mol. The molecule has 0 radical (unpaired) electrons. The highest BCUT2D eigenvalue weighted by Gasteiger charge is 2.26. The number of benzene rings is 1. The number of hydrogen-bond acceptors (Lipinski definition) is 5. The van der Waals surface area contributed by atoms with Crippen molar-refractivity contribution in [2.75, 3.05) is 13.1 Å². The van der Waals surface area contributed by atoms with Crippen molar-refractivity contribution < 1.29 is 14.5 Å². The molecule has 1 aliphatic rings. The van der Waals surface area contributed by atoms with Gasteiger partial charge in [-0.1, -0.05) is 0 Å². The Labute approximate surface area is 139 Å². The maximum absolute atomic E-state index is 12.6. The van der Waals surface area contributed by atoms with E-state index in [2.05, 4.69) is 4.98 Å². The van der Waals surface area contributed by atoms with E-state index in [0.29, 0.717) is 18.7 Å². The fourth-order valence-electron chi connectivity index (χ4n) is 2.74. The summed E-state index contributed by atoms with van der Waals surface area (Å²) in [5, 5.41) is 10.7. The lowest BCUT2D eigenvalue weighted by Gasteiger charge is -2.33. The number of pyridine rings is 1. The lowest BCUT2D eigenvalue weighted by molar-refractivity contribution is -0.384. The van der Waals surface area contributed by atoms with Crippen LogP contribution in [0, 0.1) is 10.1 Å². The second-order valence-corrected chi connectivity index (χ2v) is 5.62. The fraction of sp³-hybridized carbons (Fsp3) is 0.294. The molecule has 1 saturated heterocycles. The van der Waals surface area contributed by atoms with Crippen LogP contribution in [0.15, 0.2) is 48.8 Å². The van der Waals surface area contributed by atoms with Crippen molar-refractivity contribution in [3.63, 3.8) is 0 Å². The van der Waals surface area contributed by atoms with Crippen LogP contribution in [0.5, 0.6) is 5.75 Å². The first-order chi connectivity index (χ1) is 11.6. The molecule has 0 N–H and O–H groups in total. The summed E-state index contributed by atoms with van der Waals surface area (Å²) in [6.45, 7) is 1.16. The largest absolute Gasteiger partial charge is 0.488 e. The Kier molecular flexibility index (Phi) is 4.69. The Bertz CT molecular complexity index is 718. The van der Waals surface area contributed by atoms with E-state index in [4.69, 9.17) is 4.74 Å². The van der Waals surface area contributed by atoms with Crippen molar-refractivity contribution in [1.82, 2.24) is 9.88 Å². The summed E-state index contributed by atoms with van der Waals surface area (Å²) in [5.74, 6) is 0.604. The SMILES string of the molecule is O=C(c1ccc([N+](=O)[O-])cc1)N1CCCC(Oc2ccncc2)C1. The minimum absolute atomic E-state index is 0.0240. The van der Waals surface area contributed by atoms with E-state index in [9.17, 15) is 14.9 Å². The van der Waals surface area contributed by atoms with Crippen molar-refractivity contribution in [1.29, 1.82) is 0 Å². The van der Waals surface area contributed by atoms with Gasteiger partial charge in [0.05, 0.1) is 11.5 Å². The number of nitro groups is 1. The third-order valence-electron chi connectivity index (χ3n) is 3.94. The van der Waals surface area contributed by atoms with Crippen molar-refractivity contribution in [3.8, 4) is 5.75 Å². The van der Waals surface area contributed by atoms with E-state index >= 15 is 0 Å². The second-order valence-electron chi connectivity index (χ2n) is 5.62. The Morgan fingerprint density at radius 3 is 2.58 bits per heavy atom. The highest BCUT2D eigenvalue weighted by Crippen LogP contribution is 2.20. The van der Waals surface area contributed by atoms with Gasteiger partial charge >= 0.3 is 0 Å². The maximum Gasteiger partial charge on any atom is 0.269 e. The van der Waals surface area contributed by atoms with Crippen LogP contribution in [-0.2, 0) is 0 Å². The van der Waals surface area contributed by atoms with E-state index in [1.165, 1.54) is 24.3 Å². The van der Waals surface area contributed by atoms with E-state index in [1.54, 1.807) is 29.4 Å². The Morgan fingerprint density at radius 1 is 1.21 bits per heavy atom. The van der Waals surface area contributed by atoms with Gasteiger partial charge < -0.3 is 9.64 Å². The number of hydrogen-bond donors (Lipinski definition) is 0. The van der Waals surface area contributed by atoms with Crippen LogP contribution in [0.3, 0.4) is 0 Å². The molecule has 1 aromatic heterocycles. The highest BCUT2D eigenvalue weighted by molar-refractivity contribution is 5.94. The zero-order valence-corrected chi connectivity index (χ0v) is 13.0. The number of non-ortho nitro benzene ring substituents is 1. The first-order valence-corrected chi connectivity index (χ1v) is 7.74. The summed E-state index contributed by atoms with van der Waals surface area (Å²) < 4.78 is 5.90. The zero-order chi connectivity index (χ0) is 16.9. The number of carbonyl (C=O) groups is 1. The third-order valence-corrected chi connectivity index (χ3v) is 3.94. The lowest BCUT2D eigenvalue weighted by atomic mass is 10.1. The van der Waals surface area contributed by atoms with Gasteiger partial charge in [-0.2, -0.15) is 0 Å². The number of nitrogens with zero attached hydrogens (tertiary/aromatic N) is 3. The molecule has 0 saturated carbocycles. The molecule has 124 valence electrons. The molecular formula is C17H17N3O4. The lowest BCUT2D eigenvalue weighted by Crippen LogP contribution is -2.44. The van der Waals surface area contributed by atoms with Crippen LogP contribution >= 0.6 is 0 Å². The number of likely N-dealkylation sites (tertiary alicyclic amines) is 1. The number of piperidine rings is 1. The molecule has 1 atom stereocenters. The van der Waals surface area contributed by atoms with Gasteiger partial charge in [0.25, 0.3) is 11.6 Å². The fourth-order valence-corrected chi connectivity index (χ4v) is 2.74. The minimum atomic E-state index is -0.478. The Balaban J connectivity index is 1.65. The molecule has 1 aliphatic heterocycles. The van der Waals surface area contributed by atoms with Gasteiger partial charge in [0.1, 0.15) is 11.9 Å². The number of aromatic nitrogens is 1. The topological polar surface area (TPSA) is 85.6 Å². The quantitative estimate of drug-likeness (QED) is 0.636. The third kappa shape index (κ3) is 3.68. The van der Waals surface area contributed by atoms with Crippen LogP contribution in [0.2, 0.25) is 0 Å². The smallest absolute Gasteiger partial charge is 0.269 e. The molecule has 2 heterocycles. The molecule has 7 nitrogen and oxygen atoms in total. The number of rotatable bonds is 4. The Morgan fingerprint density at radius 2 is 1.92 bits per heavy atom. The predicted octanol–water partition coefficient (Wildman–Crippen LogP) is 2.67. The van der Waals surface area contributed by atoms with Crippen molar-refractivity contribution in [3.05, 3.63) is 64.5 Å². The van der Waals surface area contributed by atoms with Crippen LogP contribution in [-0.4, -0.2) is 39.9 Å². The maximum atomic E-state index is 12.6. The molecule has 0 aliphatic carbocycles. The molecule has 1 unspecified atom stereocenters. The molecule has 2 aromatic rings. The number of nitro benzene ring substituents is 1. The molecule has 0 spiro atoms. The van der Waals surface area contributed by atoms with Gasteiger partial charge in [0, 0.05) is 36.6 Å². The number of amides is 1. The average Bonchev–Trinajstić information content (AvgIpc) is 2.62. The first-order valence-electron chi connectivity index (χ1n) is 7.74. The van der Waals surface area contributed by atoms with Crippen molar-refractivity contribution in [2.24, 2.45) is 0 Å². The standard InChI is InChI=1S/C17H17N3O4/c21-17(13-3-5-14(6-4-13)20(22)23)19-11-1-2-16(12-19)24-15-7-9-18-10-8-15/h3-10,16H,1-2,11-12H2. The zero-order valence-electron chi connectivity index (χ0n) is 13.0. The normalized spacial score (nSPS) is 17.3. The summed E-state index contributed by atoms with van der Waals surface area (Å²) in [5.41, 5.74) is 0.425. The summed E-state index contributed by atoms with van der Waals surface area (Å²) in [6, 6.07) is 9.26. The molecule has 3 rings (SSSR count).